The van der Waals surface area contributed by atoms with Gasteiger partial charge in [0, 0.05) is 43.7 Å². The summed E-state index contributed by atoms with van der Waals surface area (Å²) in [6.45, 7) is 3.02. The van der Waals surface area contributed by atoms with Crippen LogP contribution in [-0.2, 0) is 35.6 Å². The summed E-state index contributed by atoms with van der Waals surface area (Å²) in [5.74, 6) is 3.91. The number of ether oxygens (including phenoxy) is 4. The number of carbonyl (C=O) groups is 1. The molecule has 2 heterocycles. The standard InChI is InChI=1S/C47H55N3O6/c1-53-43-20-39-14-15-50(27-40(39)21-44(43)54-2)28-41-22-42(36-8-6-30(29-51)7-9-36)56-45(55-41)37-12-10-35(11-13-37)38-5-3-4-31(19-38)26-48-46(52)49-47-23-32-16-33(24-47)18-34(17-32)25-47/h3-13,19-21,32-34,41-42,45,51H,14-18,22-29H2,1-2H3,(H2,48,49,52)/t32?,33?,34?,41-,42+,45+,47?/m1/s1. The Kier molecular flexibility index (Phi) is 10.5. The van der Waals surface area contributed by atoms with Gasteiger partial charge in [0.05, 0.1) is 33.0 Å². The Labute approximate surface area is 330 Å². The van der Waals surface area contributed by atoms with E-state index in [1.165, 1.54) is 30.4 Å². The van der Waals surface area contributed by atoms with Crippen LogP contribution < -0.4 is 20.1 Å². The largest absolute Gasteiger partial charge is 0.493 e. The summed E-state index contributed by atoms with van der Waals surface area (Å²) in [5.41, 5.74) is 8.74. The number of fused-ring (bicyclic) bond motifs is 1. The van der Waals surface area contributed by atoms with Gasteiger partial charge in [0.15, 0.2) is 17.8 Å². The zero-order valence-corrected chi connectivity index (χ0v) is 32.7. The van der Waals surface area contributed by atoms with Crippen LogP contribution in [0.5, 0.6) is 11.5 Å². The molecule has 3 N–H and O–H groups in total. The first-order valence-corrected chi connectivity index (χ1v) is 20.6. The number of methoxy groups -OCH3 is 2. The van der Waals surface area contributed by atoms with Crippen LogP contribution in [0.25, 0.3) is 11.1 Å². The molecule has 9 heteroatoms. The summed E-state index contributed by atoms with van der Waals surface area (Å²) in [7, 11) is 3.36. The second kappa shape index (κ2) is 15.9. The molecule has 0 unspecified atom stereocenters. The van der Waals surface area contributed by atoms with Crippen molar-refractivity contribution in [3.05, 3.63) is 118 Å². The minimum atomic E-state index is -0.533. The predicted molar refractivity (Wildman–Crippen MR) is 215 cm³/mol. The molecule has 4 aliphatic carbocycles. The van der Waals surface area contributed by atoms with Gasteiger partial charge in [-0.1, -0.05) is 66.7 Å². The lowest BCUT2D eigenvalue weighted by molar-refractivity contribution is -0.253. The summed E-state index contributed by atoms with van der Waals surface area (Å²) in [6.07, 6.45) is 8.44. The average molecular weight is 758 g/mol. The van der Waals surface area contributed by atoms with E-state index in [2.05, 4.69) is 88.3 Å². The van der Waals surface area contributed by atoms with Gasteiger partial charge in [-0.25, -0.2) is 4.79 Å². The van der Waals surface area contributed by atoms with E-state index in [9.17, 15) is 9.90 Å². The highest BCUT2D eigenvalue weighted by Crippen LogP contribution is 2.55. The number of hydrogen-bond donors (Lipinski definition) is 3. The zero-order valence-electron chi connectivity index (χ0n) is 32.7. The van der Waals surface area contributed by atoms with Gasteiger partial charge >= 0.3 is 6.03 Å². The highest BCUT2D eigenvalue weighted by Gasteiger charge is 2.51. The van der Waals surface area contributed by atoms with Gasteiger partial charge in [0.2, 0.25) is 0 Å². The molecule has 3 atom stereocenters. The van der Waals surface area contributed by atoms with Crippen LogP contribution in [0.1, 0.15) is 90.7 Å². The topological polar surface area (TPSA) is 102 Å². The van der Waals surface area contributed by atoms with Gasteiger partial charge < -0.3 is 34.7 Å². The summed E-state index contributed by atoms with van der Waals surface area (Å²) in [4.78, 5) is 15.6. The Bertz CT molecular complexity index is 1980. The van der Waals surface area contributed by atoms with Crippen molar-refractivity contribution < 1.29 is 28.8 Å². The highest BCUT2D eigenvalue weighted by molar-refractivity contribution is 5.75. The Hall–Kier alpha value is -4.41. The lowest BCUT2D eigenvalue weighted by atomic mass is 9.53. The normalized spacial score (nSPS) is 28.1. The zero-order chi connectivity index (χ0) is 38.2. The van der Waals surface area contributed by atoms with E-state index >= 15 is 0 Å². The quantitative estimate of drug-likeness (QED) is 0.142. The molecular formula is C47H55N3O6. The summed E-state index contributed by atoms with van der Waals surface area (Å²) >= 11 is 0. The first-order valence-electron chi connectivity index (χ1n) is 20.6. The van der Waals surface area contributed by atoms with Crippen LogP contribution in [0, 0.1) is 17.8 Å². The van der Waals surface area contributed by atoms with Gasteiger partial charge in [-0.3, -0.25) is 4.90 Å². The number of carbonyl (C=O) groups excluding carboxylic acids is 1. The Balaban J connectivity index is 0.867. The molecule has 56 heavy (non-hydrogen) atoms. The van der Waals surface area contributed by atoms with Crippen LogP contribution in [0.3, 0.4) is 0 Å². The molecule has 294 valence electrons. The number of benzene rings is 4. The van der Waals surface area contributed by atoms with E-state index in [0.29, 0.717) is 6.54 Å². The third-order valence-electron chi connectivity index (χ3n) is 13.2. The van der Waals surface area contributed by atoms with Crippen molar-refractivity contribution >= 4 is 6.03 Å². The number of rotatable bonds is 11. The van der Waals surface area contributed by atoms with Crippen LogP contribution in [-0.4, -0.2) is 55.0 Å². The highest BCUT2D eigenvalue weighted by atomic mass is 16.7. The van der Waals surface area contributed by atoms with Crippen molar-refractivity contribution in [3.63, 3.8) is 0 Å². The number of aliphatic hydroxyl groups excluding tert-OH is 1. The maximum Gasteiger partial charge on any atom is 0.315 e. The third-order valence-corrected chi connectivity index (χ3v) is 13.2. The number of nitrogens with one attached hydrogen (secondary N) is 2. The van der Waals surface area contributed by atoms with E-state index in [1.54, 1.807) is 14.2 Å². The molecule has 5 fully saturated rings. The maximum absolute atomic E-state index is 13.1. The van der Waals surface area contributed by atoms with E-state index < -0.39 is 6.29 Å². The Morgan fingerprint density at radius 2 is 1.46 bits per heavy atom. The van der Waals surface area contributed by atoms with E-state index in [0.717, 1.165) is 114 Å². The van der Waals surface area contributed by atoms with Crippen molar-refractivity contribution in [2.75, 3.05) is 27.3 Å². The monoisotopic (exact) mass is 757 g/mol. The van der Waals surface area contributed by atoms with Crippen LogP contribution in [0.4, 0.5) is 4.79 Å². The molecule has 1 saturated heterocycles. The number of nitrogens with zero attached hydrogens (tertiary/aromatic N) is 1. The lowest BCUT2D eigenvalue weighted by Crippen LogP contribution is -2.61. The number of urea groups is 1. The summed E-state index contributed by atoms with van der Waals surface area (Å²) in [6, 6.07) is 29.1. The second-order valence-electron chi connectivity index (χ2n) is 17.1. The SMILES string of the molecule is COc1cc2c(cc1OC)CN(C[C@H]1C[C@@H](c3ccc(CO)cc3)O[C@@H](c3ccc(-c4cccc(CNC(=O)NC56CC7CC(CC(C7)C5)C6)c4)cc3)O1)CC2. The van der Waals surface area contributed by atoms with Gasteiger partial charge in [-0.2, -0.15) is 0 Å². The molecule has 2 aliphatic heterocycles. The molecule has 0 aromatic heterocycles. The molecule has 9 nitrogen and oxygen atoms in total. The third kappa shape index (κ3) is 7.92. The molecule has 4 bridgehead atoms. The Morgan fingerprint density at radius 1 is 0.786 bits per heavy atom. The van der Waals surface area contributed by atoms with Gasteiger partial charge in [0.25, 0.3) is 0 Å². The Morgan fingerprint density at radius 3 is 2.14 bits per heavy atom. The molecule has 6 aliphatic rings. The predicted octanol–water partition coefficient (Wildman–Crippen LogP) is 8.23. The number of aliphatic hydroxyl groups is 1. The minimum Gasteiger partial charge on any atom is -0.493 e. The van der Waals surface area contributed by atoms with Crippen LogP contribution >= 0.6 is 0 Å². The molecule has 4 aromatic rings. The average Bonchev–Trinajstić information content (AvgIpc) is 3.22. The van der Waals surface area contributed by atoms with E-state index in [4.69, 9.17) is 18.9 Å². The molecule has 10 rings (SSSR count). The first-order chi connectivity index (χ1) is 27.3. The number of amides is 2. The molecule has 0 spiro atoms. The van der Waals surface area contributed by atoms with E-state index in [1.807, 2.05) is 12.1 Å². The number of hydrogen-bond acceptors (Lipinski definition) is 7. The molecular weight excluding hydrogens is 703 g/mol. The second-order valence-corrected chi connectivity index (χ2v) is 17.1. The van der Waals surface area contributed by atoms with E-state index in [-0.39, 0.29) is 30.4 Å². The first kappa shape index (κ1) is 37.2. The minimum absolute atomic E-state index is 0.00227. The van der Waals surface area contributed by atoms with Crippen LogP contribution in [0.2, 0.25) is 0 Å². The maximum atomic E-state index is 13.1. The van der Waals surface area contributed by atoms with Crippen LogP contribution in [0.15, 0.2) is 84.9 Å². The van der Waals surface area contributed by atoms with Crippen molar-refractivity contribution in [1.82, 2.24) is 15.5 Å². The molecule has 0 radical (unpaired) electrons. The molecule has 2 amide bonds. The fraction of sp³-hybridized carbons (Fsp3) is 0.468. The van der Waals surface area contributed by atoms with Gasteiger partial charge in [-0.05, 0) is 120 Å². The lowest BCUT2D eigenvalue weighted by Gasteiger charge is -2.56. The van der Waals surface area contributed by atoms with Crippen molar-refractivity contribution in [2.24, 2.45) is 17.8 Å². The van der Waals surface area contributed by atoms with Gasteiger partial charge in [-0.15, -0.1) is 0 Å². The van der Waals surface area contributed by atoms with Gasteiger partial charge in [0.1, 0.15) is 0 Å². The van der Waals surface area contributed by atoms with Crippen molar-refractivity contribution in [1.29, 1.82) is 0 Å². The van der Waals surface area contributed by atoms with Crippen molar-refractivity contribution in [3.8, 4) is 22.6 Å². The summed E-state index contributed by atoms with van der Waals surface area (Å²) < 4.78 is 24.6. The fourth-order valence-electron chi connectivity index (χ4n) is 10.8. The summed E-state index contributed by atoms with van der Waals surface area (Å²) in [5, 5.41) is 16.3. The molecule has 4 aromatic carbocycles. The fourth-order valence-corrected chi connectivity index (χ4v) is 10.8. The molecule has 4 saturated carbocycles. The smallest absolute Gasteiger partial charge is 0.315 e. The van der Waals surface area contributed by atoms with Crippen molar-refractivity contribution in [2.45, 2.75) is 95.1 Å².